The molecule has 2 fully saturated rings. The summed E-state index contributed by atoms with van der Waals surface area (Å²) in [5.74, 6) is -1.29. The summed E-state index contributed by atoms with van der Waals surface area (Å²) in [6, 6.07) is 1.89. The molecule has 5 nitrogen and oxygen atoms in total. The number of ether oxygens (including phenoxy) is 2. The Morgan fingerprint density at radius 2 is 2.26 bits per heavy atom. The van der Waals surface area contributed by atoms with Gasteiger partial charge in [0.05, 0.1) is 19.8 Å². The molecule has 0 amide bonds. The molecule has 104 valence electrons. The van der Waals surface area contributed by atoms with Crippen LogP contribution in [0.2, 0.25) is 0 Å². The van der Waals surface area contributed by atoms with Gasteiger partial charge in [-0.25, -0.2) is 4.79 Å². The van der Waals surface area contributed by atoms with Crippen molar-refractivity contribution in [3.05, 3.63) is 21.9 Å². The number of aromatic carboxylic acids is 1. The fraction of sp³-hybridized carbons (Fsp3) is 0.615. The Morgan fingerprint density at radius 3 is 3.00 bits per heavy atom. The second-order valence-corrected chi connectivity index (χ2v) is 5.92. The average Bonchev–Trinajstić information content (AvgIpc) is 2.99. The number of carboxylic acid groups (broad SMARTS) is 1. The highest BCUT2D eigenvalue weighted by atomic mass is 32.1. The highest BCUT2D eigenvalue weighted by molar-refractivity contribution is 7.12. The van der Waals surface area contributed by atoms with Crippen LogP contribution in [0.15, 0.2) is 11.4 Å². The largest absolute Gasteiger partial charge is 0.477 e. The van der Waals surface area contributed by atoms with Crippen LogP contribution in [0.3, 0.4) is 0 Å². The molecule has 1 aromatic rings. The molecule has 2 aliphatic rings. The lowest BCUT2D eigenvalue weighted by Crippen LogP contribution is -2.48. The molecule has 0 atom stereocenters. The van der Waals surface area contributed by atoms with E-state index in [1.54, 1.807) is 0 Å². The summed E-state index contributed by atoms with van der Waals surface area (Å²) in [5, 5.41) is 11.0. The van der Waals surface area contributed by atoms with E-state index < -0.39 is 11.8 Å². The molecule has 0 saturated carbocycles. The van der Waals surface area contributed by atoms with Gasteiger partial charge in [-0.3, -0.25) is 4.90 Å². The van der Waals surface area contributed by atoms with Gasteiger partial charge in [0, 0.05) is 13.0 Å². The normalized spacial score (nSPS) is 22.9. The van der Waals surface area contributed by atoms with E-state index in [-0.39, 0.29) is 0 Å². The fourth-order valence-corrected chi connectivity index (χ4v) is 3.58. The fourth-order valence-electron chi connectivity index (χ4n) is 2.83. The number of thiophene rings is 1. The molecular formula is C13H17NO4S. The zero-order valence-corrected chi connectivity index (χ0v) is 11.4. The van der Waals surface area contributed by atoms with Crippen molar-refractivity contribution in [2.45, 2.75) is 25.2 Å². The summed E-state index contributed by atoms with van der Waals surface area (Å²) in [7, 11) is 0. The predicted molar refractivity (Wildman–Crippen MR) is 70.4 cm³/mol. The van der Waals surface area contributed by atoms with E-state index in [1.807, 2.05) is 11.4 Å². The monoisotopic (exact) mass is 283 g/mol. The minimum Gasteiger partial charge on any atom is -0.477 e. The molecule has 0 unspecified atom stereocenters. The molecule has 0 radical (unpaired) electrons. The zero-order chi connectivity index (χ0) is 13.3. The van der Waals surface area contributed by atoms with Gasteiger partial charge in [-0.2, -0.15) is 0 Å². The SMILES string of the molecule is O=C(O)c1sccc1CN1CCCC2(C1)OCCO2. The van der Waals surface area contributed by atoms with Crippen LogP contribution < -0.4 is 0 Å². The first-order valence-electron chi connectivity index (χ1n) is 6.48. The number of hydrogen-bond donors (Lipinski definition) is 1. The average molecular weight is 283 g/mol. The summed E-state index contributed by atoms with van der Waals surface area (Å²) in [6.45, 7) is 3.66. The Labute approximate surface area is 115 Å². The van der Waals surface area contributed by atoms with Crippen LogP contribution in [-0.4, -0.2) is 48.1 Å². The van der Waals surface area contributed by atoms with Crippen LogP contribution >= 0.6 is 11.3 Å². The summed E-state index contributed by atoms with van der Waals surface area (Å²) in [6.07, 6.45) is 1.95. The number of hydrogen-bond acceptors (Lipinski definition) is 5. The van der Waals surface area contributed by atoms with Crippen molar-refractivity contribution in [1.82, 2.24) is 4.90 Å². The number of piperidine rings is 1. The number of carboxylic acids is 1. The van der Waals surface area contributed by atoms with Gasteiger partial charge in [-0.1, -0.05) is 0 Å². The van der Waals surface area contributed by atoms with Crippen molar-refractivity contribution in [2.24, 2.45) is 0 Å². The van der Waals surface area contributed by atoms with Crippen LogP contribution in [0.1, 0.15) is 28.1 Å². The first-order chi connectivity index (χ1) is 9.19. The smallest absolute Gasteiger partial charge is 0.346 e. The van der Waals surface area contributed by atoms with E-state index in [0.29, 0.717) is 24.6 Å². The van der Waals surface area contributed by atoms with Crippen LogP contribution in [0.5, 0.6) is 0 Å². The van der Waals surface area contributed by atoms with E-state index >= 15 is 0 Å². The molecule has 0 aromatic carbocycles. The lowest BCUT2D eigenvalue weighted by atomic mass is 10.0. The standard InChI is InChI=1S/C13H17NO4S/c15-12(16)11-10(2-7-19-11)8-14-4-1-3-13(9-14)17-5-6-18-13/h2,7H,1,3-6,8-9H2,(H,15,16). The zero-order valence-electron chi connectivity index (χ0n) is 10.6. The lowest BCUT2D eigenvalue weighted by molar-refractivity contribution is -0.190. The Hall–Kier alpha value is -0.950. The number of rotatable bonds is 3. The molecule has 1 N–H and O–H groups in total. The Balaban J connectivity index is 1.69. The van der Waals surface area contributed by atoms with Gasteiger partial charge in [0.25, 0.3) is 0 Å². The molecule has 3 rings (SSSR count). The van der Waals surface area contributed by atoms with E-state index in [9.17, 15) is 4.79 Å². The van der Waals surface area contributed by atoms with Crippen molar-refractivity contribution in [2.75, 3.05) is 26.3 Å². The highest BCUT2D eigenvalue weighted by Gasteiger charge is 2.40. The molecular weight excluding hydrogens is 266 g/mol. The third-order valence-corrected chi connectivity index (χ3v) is 4.59. The Bertz CT molecular complexity index is 467. The number of nitrogens with zero attached hydrogens (tertiary/aromatic N) is 1. The summed E-state index contributed by atoms with van der Waals surface area (Å²) in [5.41, 5.74) is 0.882. The van der Waals surface area contributed by atoms with E-state index in [2.05, 4.69) is 4.90 Å². The summed E-state index contributed by atoms with van der Waals surface area (Å²) in [4.78, 5) is 13.8. The second-order valence-electron chi connectivity index (χ2n) is 5.00. The third-order valence-electron chi connectivity index (χ3n) is 3.65. The van der Waals surface area contributed by atoms with Gasteiger partial charge in [-0.05, 0) is 30.0 Å². The molecule has 1 spiro atoms. The van der Waals surface area contributed by atoms with Crippen molar-refractivity contribution in [3.8, 4) is 0 Å². The van der Waals surface area contributed by atoms with Gasteiger partial charge >= 0.3 is 5.97 Å². The van der Waals surface area contributed by atoms with E-state index in [0.717, 1.165) is 31.5 Å². The third kappa shape index (κ3) is 2.67. The number of likely N-dealkylation sites (tertiary alicyclic amines) is 1. The van der Waals surface area contributed by atoms with Gasteiger partial charge in [0.2, 0.25) is 0 Å². The molecule has 6 heteroatoms. The van der Waals surface area contributed by atoms with E-state index in [4.69, 9.17) is 14.6 Å². The molecule has 3 heterocycles. The maximum Gasteiger partial charge on any atom is 0.346 e. The topological polar surface area (TPSA) is 59.0 Å². The molecule has 1 aromatic heterocycles. The van der Waals surface area contributed by atoms with Gasteiger partial charge in [-0.15, -0.1) is 11.3 Å². The van der Waals surface area contributed by atoms with Crippen molar-refractivity contribution in [3.63, 3.8) is 0 Å². The Kier molecular flexibility index (Phi) is 3.58. The quantitative estimate of drug-likeness (QED) is 0.916. The second kappa shape index (κ2) is 5.20. The van der Waals surface area contributed by atoms with Crippen molar-refractivity contribution in [1.29, 1.82) is 0 Å². The van der Waals surface area contributed by atoms with Crippen LogP contribution in [0.25, 0.3) is 0 Å². The van der Waals surface area contributed by atoms with Crippen LogP contribution in [0, 0.1) is 0 Å². The molecule has 19 heavy (non-hydrogen) atoms. The Morgan fingerprint density at radius 1 is 1.47 bits per heavy atom. The summed E-state index contributed by atoms with van der Waals surface area (Å²) < 4.78 is 11.5. The first-order valence-corrected chi connectivity index (χ1v) is 7.36. The first kappa shape index (κ1) is 13.1. The highest BCUT2D eigenvalue weighted by Crippen LogP contribution is 2.31. The van der Waals surface area contributed by atoms with E-state index in [1.165, 1.54) is 11.3 Å². The van der Waals surface area contributed by atoms with Crippen molar-refractivity contribution >= 4 is 17.3 Å². The van der Waals surface area contributed by atoms with Gasteiger partial charge in [0.15, 0.2) is 5.79 Å². The van der Waals surface area contributed by atoms with Gasteiger partial charge in [0.1, 0.15) is 4.88 Å². The molecule has 2 saturated heterocycles. The summed E-state index contributed by atoms with van der Waals surface area (Å²) >= 11 is 1.28. The maximum absolute atomic E-state index is 11.1. The van der Waals surface area contributed by atoms with Crippen LogP contribution in [-0.2, 0) is 16.0 Å². The minimum absolute atomic E-state index is 0.438. The molecule has 0 bridgehead atoms. The predicted octanol–water partition coefficient (Wildman–Crippen LogP) is 1.79. The molecule has 2 aliphatic heterocycles. The number of carbonyl (C=O) groups is 1. The lowest BCUT2D eigenvalue weighted by Gasteiger charge is -2.38. The minimum atomic E-state index is -0.843. The van der Waals surface area contributed by atoms with Crippen LogP contribution in [0.4, 0.5) is 0 Å². The van der Waals surface area contributed by atoms with Gasteiger partial charge < -0.3 is 14.6 Å². The molecule has 0 aliphatic carbocycles. The van der Waals surface area contributed by atoms with Crippen molar-refractivity contribution < 1.29 is 19.4 Å². The maximum atomic E-state index is 11.1.